The number of nitrogens with zero attached hydrogens (tertiary/aromatic N) is 2. The molecule has 1 fully saturated rings. The summed E-state index contributed by atoms with van der Waals surface area (Å²) in [4.78, 5) is 0. The second kappa shape index (κ2) is 6.34. The Hall–Kier alpha value is -1.24. The van der Waals surface area contributed by atoms with Gasteiger partial charge in [-0.1, -0.05) is 29.3 Å². The number of hydrogen-bond acceptors (Lipinski definition) is 4. The van der Waals surface area contributed by atoms with Crippen LogP contribution in [0.3, 0.4) is 0 Å². The number of nitrogens with one attached hydrogen (secondary N) is 1. The molecular weight excluding hydrogens is 357 g/mol. The fraction of sp³-hybridized carbons (Fsp3) is 0.400. The molecule has 0 amide bonds. The molecule has 2 aromatic rings. The number of aromatic nitrogens is 2. The Labute approximate surface area is 145 Å². The van der Waals surface area contributed by atoms with Crippen molar-refractivity contribution >= 4 is 38.9 Å². The summed E-state index contributed by atoms with van der Waals surface area (Å²) in [6, 6.07) is 7.15. The van der Waals surface area contributed by atoms with Gasteiger partial charge in [0.2, 0.25) is 0 Å². The molecule has 3 rings (SSSR count). The molecule has 0 bridgehead atoms. The van der Waals surface area contributed by atoms with Crippen LogP contribution in [0, 0.1) is 6.92 Å². The SMILES string of the molecule is Cc1cc(NCc2c(Cl)cccc2Cl)n([C@H]2CCS(=O)(=O)C2)n1. The van der Waals surface area contributed by atoms with E-state index in [1.54, 1.807) is 22.9 Å². The fourth-order valence-electron chi connectivity index (χ4n) is 2.78. The molecule has 0 spiro atoms. The van der Waals surface area contributed by atoms with E-state index in [0.717, 1.165) is 17.1 Å². The van der Waals surface area contributed by atoms with Crippen molar-refractivity contribution in [2.24, 2.45) is 0 Å². The van der Waals surface area contributed by atoms with Gasteiger partial charge < -0.3 is 5.32 Å². The molecule has 1 N–H and O–H groups in total. The summed E-state index contributed by atoms with van der Waals surface area (Å²) in [6.45, 7) is 2.33. The number of sulfone groups is 1. The maximum Gasteiger partial charge on any atom is 0.152 e. The van der Waals surface area contributed by atoms with Crippen molar-refractivity contribution in [1.82, 2.24) is 9.78 Å². The molecule has 1 aromatic carbocycles. The van der Waals surface area contributed by atoms with E-state index >= 15 is 0 Å². The summed E-state index contributed by atoms with van der Waals surface area (Å²) in [5.74, 6) is 1.13. The van der Waals surface area contributed by atoms with Gasteiger partial charge in [-0.3, -0.25) is 0 Å². The molecule has 124 valence electrons. The predicted octanol–water partition coefficient (Wildman–Crippen LogP) is 3.47. The maximum atomic E-state index is 11.7. The smallest absolute Gasteiger partial charge is 0.152 e. The van der Waals surface area contributed by atoms with Crippen molar-refractivity contribution in [3.63, 3.8) is 0 Å². The van der Waals surface area contributed by atoms with Crippen LogP contribution >= 0.6 is 23.2 Å². The first-order chi connectivity index (χ1) is 10.9. The average Bonchev–Trinajstić information content (AvgIpc) is 3.01. The predicted molar refractivity (Wildman–Crippen MR) is 93.1 cm³/mol. The zero-order valence-corrected chi connectivity index (χ0v) is 14.9. The van der Waals surface area contributed by atoms with E-state index in [4.69, 9.17) is 23.2 Å². The monoisotopic (exact) mass is 373 g/mol. The molecule has 5 nitrogen and oxygen atoms in total. The summed E-state index contributed by atoms with van der Waals surface area (Å²) in [5.41, 5.74) is 1.64. The van der Waals surface area contributed by atoms with Crippen molar-refractivity contribution in [2.75, 3.05) is 16.8 Å². The molecule has 0 saturated carbocycles. The van der Waals surface area contributed by atoms with Gasteiger partial charge in [-0.15, -0.1) is 0 Å². The van der Waals surface area contributed by atoms with E-state index in [1.807, 2.05) is 13.0 Å². The highest BCUT2D eigenvalue weighted by Crippen LogP contribution is 2.29. The number of anilines is 1. The Morgan fingerprint density at radius 3 is 2.65 bits per heavy atom. The lowest BCUT2D eigenvalue weighted by Crippen LogP contribution is -2.16. The van der Waals surface area contributed by atoms with Gasteiger partial charge in [0, 0.05) is 28.2 Å². The summed E-state index contributed by atoms with van der Waals surface area (Å²) in [6.07, 6.45) is 0.588. The fourth-order valence-corrected chi connectivity index (χ4v) is 5.00. The molecule has 0 aliphatic carbocycles. The van der Waals surface area contributed by atoms with Gasteiger partial charge >= 0.3 is 0 Å². The minimum atomic E-state index is -2.96. The summed E-state index contributed by atoms with van der Waals surface area (Å²) in [7, 11) is -2.96. The minimum Gasteiger partial charge on any atom is -0.366 e. The van der Waals surface area contributed by atoms with Gasteiger partial charge in [-0.2, -0.15) is 5.10 Å². The second-order valence-corrected chi connectivity index (χ2v) is 8.77. The number of benzene rings is 1. The highest BCUT2D eigenvalue weighted by Gasteiger charge is 2.31. The van der Waals surface area contributed by atoms with Crippen LogP contribution < -0.4 is 5.32 Å². The van der Waals surface area contributed by atoms with Gasteiger partial charge in [0.25, 0.3) is 0 Å². The van der Waals surface area contributed by atoms with Crippen LogP contribution in [0.2, 0.25) is 10.0 Å². The van der Waals surface area contributed by atoms with Crippen molar-refractivity contribution < 1.29 is 8.42 Å². The van der Waals surface area contributed by atoms with Crippen LogP contribution in [-0.2, 0) is 16.4 Å². The summed E-state index contributed by atoms with van der Waals surface area (Å²) < 4.78 is 25.2. The molecule has 0 radical (unpaired) electrons. The zero-order chi connectivity index (χ0) is 16.6. The Balaban J connectivity index is 1.81. The first-order valence-corrected chi connectivity index (χ1v) is 9.87. The molecule has 0 unspecified atom stereocenters. The van der Waals surface area contributed by atoms with Crippen LogP contribution in [0.1, 0.15) is 23.7 Å². The third kappa shape index (κ3) is 3.65. The Bertz CT molecular complexity index is 813. The highest BCUT2D eigenvalue weighted by molar-refractivity contribution is 7.91. The van der Waals surface area contributed by atoms with Gasteiger partial charge in [-0.25, -0.2) is 13.1 Å². The lowest BCUT2D eigenvalue weighted by Gasteiger charge is -2.15. The number of rotatable bonds is 4. The molecular formula is C15H17Cl2N3O2S. The van der Waals surface area contributed by atoms with E-state index in [-0.39, 0.29) is 17.5 Å². The molecule has 2 heterocycles. The third-order valence-corrected chi connectivity index (χ3v) is 6.38. The Kier molecular flexibility index (Phi) is 4.58. The van der Waals surface area contributed by atoms with E-state index < -0.39 is 9.84 Å². The van der Waals surface area contributed by atoms with Gasteiger partial charge in [0.1, 0.15) is 5.82 Å². The molecule has 1 aromatic heterocycles. The molecule has 8 heteroatoms. The van der Waals surface area contributed by atoms with Gasteiger partial charge in [-0.05, 0) is 25.5 Å². The lowest BCUT2D eigenvalue weighted by atomic mass is 10.2. The zero-order valence-electron chi connectivity index (χ0n) is 12.6. The van der Waals surface area contributed by atoms with E-state index in [0.29, 0.717) is 23.0 Å². The van der Waals surface area contributed by atoms with Crippen molar-refractivity contribution in [3.05, 3.63) is 45.6 Å². The normalized spacial score (nSPS) is 19.9. The van der Waals surface area contributed by atoms with Crippen LogP contribution in [0.15, 0.2) is 24.3 Å². The van der Waals surface area contributed by atoms with E-state index in [2.05, 4.69) is 10.4 Å². The molecule has 1 saturated heterocycles. The van der Waals surface area contributed by atoms with Crippen LogP contribution in [0.4, 0.5) is 5.82 Å². The molecule has 1 aliphatic rings. The summed E-state index contributed by atoms with van der Waals surface area (Å²) in [5, 5.41) is 8.90. The molecule has 1 aliphatic heterocycles. The first-order valence-electron chi connectivity index (χ1n) is 7.29. The van der Waals surface area contributed by atoms with Crippen molar-refractivity contribution in [3.8, 4) is 0 Å². The Morgan fingerprint density at radius 1 is 1.35 bits per heavy atom. The van der Waals surface area contributed by atoms with E-state index in [1.165, 1.54) is 0 Å². The standard InChI is InChI=1S/C15H17Cl2N3O2S/c1-10-7-15(18-8-12-13(16)3-2-4-14(12)17)20(19-10)11-5-6-23(21,22)9-11/h2-4,7,11,18H,5-6,8-9H2,1H3/t11-/m0/s1. The Morgan fingerprint density at radius 2 is 2.04 bits per heavy atom. The minimum absolute atomic E-state index is 0.127. The van der Waals surface area contributed by atoms with Crippen LogP contribution in [0.25, 0.3) is 0 Å². The second-order valence-electron chi connectivity index (χ2n) is 5.73. The van der Waals surface area contributed by atoms with Crippen molar-refractivity contribution in [2.45, 2.75) is 25.9 Å². The quantitative estimate of drug-likeness (QED) is 0.890. The van der Waals surface area contributed by atoms with Gasteiger partial charge in [0.05, 0.1) is 23.2 Å². The van der Waals surface area contributed by atoms with Crippen LogP contribution in [0.5, 0.6) is 0 Å². The topological polar surface area (TPSA) is 64.0 Å². The van der Waals surface area contributed by atoms with Crippen molar-refractivity contribution in [1.29, 1.82) is 0 Å². The van der Waals surface area contributed by atoms with Crippen LogP contribution in [-0.4, -0.2) is 29.7 Å². The maximum absolute atomic E-state index is 11.7. The highest BCUT2D eigenvalue weighted by atomic mass is 35.5. The number of halogens is 2. The summed E-state index contributed by atoms with van der Waals surface area (Å²) >= 11 is 12.4. The molecule has 1 atom stereocenters. The first kappa shape index (κ1) is 16.6. The van der Waals surface area contributed by atoms with Gasteiger partial charge in [0.15, 0.2) is 9.84 Å². The third-order valence-electron chi connectivity index (χ3n) is 3.92. The average molecular weight is 374 g/mol. The number of aryl methyl sites for hydroxylation is 1. The lowest BCUT2D eigenvalue weighted by molar-refractivity contribution is 0.501. The largest absolute Gasteiger partial charge is 0.366 e. The van der Waals surface area contributed by atoms with E-state index in [9.17, 15) is 8.42 Å². The number of hydrogen-bond donors (Lipinski definition) is 1. The molecule has 23 heavy (non-hydrogen) atoms.